The Bertz CT molecular complexity index is 842. The largest absolute Gasteiger partial charge is 0.484 e. The summed E-state index contributed by atoms with van der Waals surface area (Å²) in [5.74, 6) is -0.392. The predicted molar refractivity (Wildman–Crippen MR) is 107 cm³/mol. The van der Waals surface area contributed by atoms with E-state index in [4.69, 9.17) is 9.47 Å². The van der Waals surface area contributed by atoms with E-state index >= 15 is 0 Å². The van der Waals surface area contributed by atoms with Crippen molar-refractivity contribution in [1.82, 2.24) is 4.90 Å². The van der Waals surface area contributed by atoms with E-state index in [9.17, 15) is 14.0 Å². The van der Waals surface area contributed by atoms with Gasteiger partial charge in [-0.05, 0) is 75.1 Å². The first-order chi connectivity index (χ1) is 13.9. The van der Waals surface area contributed by atoms with Gasteiger partial charge >= 0.3 is 5.97 Å². The van der Waals surface area contributed by atoms with Crippen molar-refractivity contribution < 1.29 is 23.5 Å². The second-order valence-electron chi connectivity index (χ2n) is 7.45. The number of carbonyl (C=O) groups is 2. The molecule has 1 heterocycles. The lowest BCUT2D eigenvalue weighted by molar-refractivity contribution is -0.139. The molecule has 1 saturated heterocycles. The summed E-state index contributed by atoms with van der Waals surface area (Å²) < 4.78 is 24.0. The van der Waals surface area contributed by atoms with Crippen molar-refractivity contribution in [2.24, 2.45) is 0 Å². The fourth-order valence-electron chi connectivity index (χ4n) is 3.68. The molecule has 2 atom stereocenters. The number of esters is 1. The molecule has 0 N–H and O–H groups in total. The van der Waals surface area contributed by atoms with Crippen LogP contribution in [0.5, 0.6) is 5.75 Å². The zero-order chi connectivity index (χ0) is 20.8. The van der Waals surface area contributed by atoms with Gasteiger partial charge in [-0.3, -0.25) is 4.79 Å². The van der Waals surface area contributed by atoms with Gasteiger partial charge in [0.2, 0.25) is 0 Å². The number of likely N-dealkylation sites (tertiary alicyclic amines) is 1. The van der Waals surface area contributed by atoms with Crippen molar-refractivity contribution in [1.29, 1.82) is 0 Å². The standard InChI is InChI=1S/C23H26FNO4/c1-16-5-3-6-17(2)25(16)22(26)15-28-21-11-9-19(10-12-21)23(27)29-14-18-7-4-8-20(24)13-18/h4,7-13,16-17H,3,5-6,14-15H2,1-2H3. The third-order valence-corrected chi connectivity index (χ3v) is 5.19. The van der Waals surface area contributed by atoms with Crippen LogP contribution in [0.4, 0.5) is 4.39 Å². The van der Waals surface area contributed by atoms with Crippen LogP contribution in [0.25, 0.3) is 0 Å². The quantitative estimate of drug-likeness (QED) is 0.678. The number of carbonyl (C=O) groups excluding carboxylic acids is 2. The second-order valence-corrected chi connectivity index (χ2v) is 7.45. The summed E-state index contributed by atoms with van der Waals surface area (Å²) in [6.45, 7) is 4.10. The minimum Gasteiger partial charge on any atom is -0.484 e. The predicted octanol–water partition coefficient (Wildman–Crippen LogP) is 4.35. The van der Waals surface area contributed by atoms with Crippen molar-refractivity contribution in [3.8, 4) is 5.75 Å². The molecule has 1 aliphatic rings. The van der Waals surface area contributed by atoms with Crippen LogP contribution in [0.2, 0.25) is 0 Å². The van der Waals surface area contributed by atoms with Crippen LogP contribution in [0, 0.1) is 5.82 Å². The Morgan fingerprint density at radius 1 is 1.07 bits per heavy atom. The molecule has 2 aromatic carbocycles. The van der Waals surface area contributed by atoms with E-state index in [0.717, 1.165) is 19.3 Å². The van der Waals surface area contributed by atoms with E-state index in [1.807, 2.05) is 4.90 Å². The van der Waals surface area contributed by atoms with Crippen LogP contribution in [-0.4, -0.2) is 35.5 Å². The van der Waals surface area contributed by atoms with Gasteiger partial charge in [-0.1, -0.05) is 12.1 Å². The van der Waals surface area contributed by atoms with Gasteiger partial charge in [-0.25, -0.2) is 9.18 Å². The average molecular weight is 399 g/mol. The highest BCUT2D eigenvalue weighted by Crippen LogP contribution is 2.23. The number of rotatable bonds is 6. The summed E-state index contributed by atoms with van der Waals surface area (Å²) in [5.41, 5.74) is 0.941. The molecule has 5 nitrogen and oxygen atoms in total. The molecule has 0 aromatic heterocycles. The molecule has 154 valence electrons. The van der Waals surface area contributed by atoms with Crippen LogP contribution >= 0.6 is 0 Å². The average Bonchev–Trinajstić information content (AvgIpc) is 2.71. The molecule has 0 bridgehead atoms. The number of piperidine rings is 1. The van der Waals surface area contributed by atoms with Crippen molar-refractivity contribution in [3.05, 3.63) is 65.5 Å². The lowest BCUT2D eigenvalue weighted by Gasteiger charge is -2.38. The Kier molecular flexibility index (Phi) is 6.86. The Balaban J connectivity index is 1.50. The molecule has 1 aliphatic heterocycles. The number of amides is 1. The highest BCUT2D eigenvalue weighted by molar-refractivity contribution is 5.89. The summed E-state index contributed by atoms with van der Waals surface area (Å²) in [4.78, 5) is 26.6. The Morgan fingerprint density at radius 3 is 2.41 bits per heavy atom. The number of ether oxygens (including phenoxy) is 2. The van der Waals surface area contributed by atoms with Gasteiger partial charge in [0, 0.05) is 12.1 Å². The zero-order valence-corrected chi connectivity index (χ0v) is 16.8. The van der Waals surface area contributed by atoms with Gasteiger partial charge in [-0.15, -0.1) is 0 Å². The maximum atomic E-state index is 13.2. The molecule has 2 unspecified atom stereocenters. The fraction of sp³-hybridized carbons (Fsp3) is 0.391. The summed E-state index contributed by atoms with van der Waals surface area (Å²) >= 11 is 0. The first-order valence-electron chi connectivity index (χ1n) is 9.89. The van der Waals surface area contributed by atoms with Crippen LogP contribution in [0.15, 0.2) is 48.5 Å². The molecular formula is C23H26FNO4. The molecule has 0 spiro atoms. The van der Waals surface area contributed by atoms with E-state index in [0.29, 0.717) is 16.9 Å². The smallest absolute Gasteiger partial charge is 0.338 e. The minimum atomic E-state index is -0.507. The van der Waals surface area contributed by atoms with Crippen LogP contribution in [-0.2, 0) is 16.1 Å². The highest BCUT2D eigenvalue weighted by atomic mass is 19.1. The molecule has 1 fully saturated rings. The van der Waals surface area contributed by atoms with E-state index in [2.05, 4.69) is 13.8 Å². The number of halogens is 1. The van der Waals surface area contributed by atoms with Gasteiger partial charge in [0.25, 0.3) is 5.91 Å². The number of benzene rings is 2. The highest BCUT2D eigenvalue weighted by Gasteiger charge is 2.28. The number of hydrogen-bond donors (Lipinski definition) is 0. The molecule has 6 heteroatoms. The van der Waals surface area contributed by atoms with Crippen LogP contribution in [0.1, 0.15) is 49.0 Å². The van der Waals surface area contributed by atoms with E-state index in [-0.39, 0.29) is 37.0 Å². The molecule has 0 radical (unpaired) electrons. The van der Waals surface area contributed by atoms with E-state index < -0.39 is 5.97 Å². The number of hydrogen-bond acceptors (Lipinski definition) is 4. The third-order valence-electron chi connectivity index (χ3n) is 5.19. The van der Waals surface area contributed by atoms with Gasteiger partial charge in [0.05, 0.1) is 5.56 Å². The Hall–Kier alpha value is -2.89. The van der Waals surface area contributed by atoms with Gasteiger partial charge in [-0.2, -0.15) is 0 Å². The second kappa shape index (κ2) is 9.54. The first kappa shape index (κ1) is 20.8. The fourth-order valence-corrected chi connectivity index (χ4v) is 3.68. The summed E-state index contributed by atoms with van der Waals surface area (Å²) in [5, 5.41) is 0. The topological polar surface area (TPSA) is 55.8 Å². The number of nitrogens with zero attached hydrogens (tertiary/aromatic N) is 1. The molecular weight excluding hydrogens is 373 g/mol. The monoisotopic (exact) mass is 399 g/mol. The lowest BCUT2D eigenvalue weighted by Crippen LogP contribution is -2.49. The zero-order valence-electron chi connectivity index (χ0n) is 16.8. The summed E-state index contributed by atoms with van der Waals surface area (Å²) in [6.07, 6.45) is 3.18. The van der Waals surface area contributed by atoms with Crippen LogP contribution in [0.3, 0.4) is 0 Å². The first-order valence-corrected chi connectivity index (χ1v) is 9.89. The SMILES string of the molecule is CC1CCCC(C)N1C(=O)COc1ccc(C(=O)OCc2cccc(F)c2)cc1. The van der Waals surface area contributed by atoms with Crippen molar-refractivity contribution in [3.63, 3.8) is 0 Å². The maximum absolute atomic E-state index is 13.2. The molecule has 29 heavy (non-hydrogen) atoms. The minimum absolute atomic E-state index is 0.00441. The van der Waals surface area contributed by atoms with E-state index in [1.165, 1.54) is 12.1 Å². The normalized spacial score (nSPS) is 18.9. The van der Waals surface area contributed by atoms with Gasteiger partial charge in [0.15, 0.2) is 6.61 Å². The van der Waals surface area contributed by atoms with Crippen molar-refractivity contribution in [2.45, 2.75) is 51.8 Å². The third kappa shape index (κ3) is 5.56. The Morgan fingerprint density at radius 2 is 1.76 bits per heavy atom. The van der Waals surface area contributed by atoms with Gasteiger partial charge < -0.3 is 14.4 Å². The Labute approximate surface area is 170 Å². The molecule has 0 aliphatic carbocycles. The van der Waals surface area contributed by atoms with E-state index in [1.54, 1.807) is 36.4 Å². The molecule has 0 saturated carbocycles. The molecule has 2 aromatic rings. The summed E-state index contributed by atoms with van der Waals surface area (Å²) in [6, 6.07) is 12.8. The van der Waals surface area contributed by atoms with Crippen molar-refractivity contribution >= 4 is 11.9 Å². The van der Waals surface area contributed by atoms with Gasteiger partial charge in [0.1, 0.15) is 18.2 Å². The molecule has 1 amide bonds. The molecule has 3 rings (SSSR count). The van der Waals surface area contributed by atoms with Crippen LogP contribution < -0.4 is 4.74 Å². The maximum Gasteiger partial charge on any atom is 0.338 e. The van der Waals surface area contributed by atoms with Crippen molar-refractivity contribution in [2.75, 3.05) is 6.61 Å². The summed E-state index contributed by atoms with van der Waals surface area (Å²) in [7, 11) is 0. The lowest BCUT2D eigenvalue weighted by atomic mass is 9.97.